The molecule has 1 unspecified atom stereocenters. The van der Waals surface area contributed by atoms with Gasteiger partial charge < -0.3 is 5.11 Å². The first kappa shape index (κ1) is 13.2. The van der Waals surface area contributed by atoms with Crippen molar-refractivity contribution in [1.29, 1.82) is 0 Å². The van der Waals surface area contributed by atoms with Crippen molar-refractivity contribution in [3.8, 4) is 0 Å². The van der Waals surface area contributed by atoms with Gasteiger partial charge in [0.2, 0.25) is 0 Å². The highest BCUT2D eigenvalue weighted by atomic mass is 32.2. The summed E-state index contributed by atoms with van der Waals surface area (Å²) >= 11 is 1.98. The van der Waals surface area contributed by atoms with Crippen LogP contribution in [-0.4, -0.2) is 46.6 Å². The highest BCUT2D eigenvalue weighted by Crippen LogP contribution is 2.37. The predicted octanol–water partition coefficient (Wildman–Crippen LogP) is 2.31. The standard InChI is InChI=1S/C13H23NO2S/c1-13(2)5-11(8-17-9-13)14(7-12(15)16)6-10-3-4-10/h10-11H,3-9H2,1-2H3,(H,15,16). The molecule has 2 fully saturated rings. The summed E-state index contributed by atoms with van der Waals surface area (Å²) in [7, 11) is 0. The van der Waals surface area contributed by atoms with E-state index in [0.29, 0.717) is 11.5 Å². The normalized spacial score (nSPS) is 28.3. The molecule has 0 amide bonds. The van der Waals surface area contributed by atoms with Gasteiger partial charge in [-0.1, -0.05) is 13.8 Å². The number of nitrogens with zero attached hydrogens (tertiary/aromatic N) is 1. The van der Waals surface area contributed by atoms with E-state index in [1.807, 2.05) is 11.8 Å². The van der Waals surface area contributed by atoms with Crippen LogP contribution in [-0.2, 0) is 4.79 Å². The van der Waals surface area contributed by atoms with Crippen LogP contribution in [0.2, 0.25) is 0 Å². The molecular weight excluding hydrogens is 234 g/mol. The van der Waals surface area contributed by atoms with E-state index in [2.05, 4.69) is 18.7 Å². The Morgan fingerprint density at radius 2 is 2.18 bits per heavy atom. The molecule has 98 valence electrons. The van der Waals surface area contributed by atoms with E-state index in [4.69, 9.17) is 5.11 Å². The molecule has 0 bridgehead atoms. The van der Waals surface area contributed by atoms with E-state index < -0.39 is 5.97 Å². The molecule has 0 aromatic rings. The molecule has 1 aliphatic heterocycles. The Kier molecular flexibility index (Phi) is 4.03. The van der Waals surface area contributed by atoms with E-state index in [-0.39, 0.29) is 6.54 Å². The third-order valence-corrected chi connectivity index (χ3v) is 5.24. The SMILES string of the molecule is CC1(C)CSCC(N(CC(=O)O)CC2CC2)C1. The van der Waals surface area contributed by atoms with Gasteiger partial charge in [0.1, 0.15) is 0 Å². The second-order valence-electron chi connectivity index (χ2n) is 6.30. The molecule has 1 heterocycles. The van der Waals surface area contributed by atoms with Crippen LogP contribution < -0.4 is 0 Å². The lowest BCUT2D eigenvalue weighted by Gasteiger charge is -2.40. The molecular formula is C13H23NO2S. The monoisotopic (exact) mass is 257 g/mol. The molecule has 0 radical (unpaired) electrons. The van der Waals surface area contributed by atoms with Crippen molar-refractivity contribution >= 4 is 17.7 Å². The van der Waals surface area contributed by atoms with Gasteiger partial charge in [0.05, 0.1) is 6.54 Å². The van der Waals surface area contributed by atoms with Crippen LogP contribution in [0.5, 0.6) is 0 Å². The topological polar surface area (TPSA) is 40.5 Å². The van der Waals surface area contributed by atoms with Crippen LogP contribution in [0.1, 0.15) is 33.1 Å². The number of aliphatic carboxylic acids is 1. The number of hydrogen-bond donors (Lipinski definition) is 1. The van der Waals surface area contributed by atoms with E-state index in [0.717, 1.165) is 24.6 Å². The summed E-state index contributed by atoms with van der Waals surface area (Å²) in [6, 6.07) is 0.459. The Morgan fingerprint density at radius 1 is 1.47 bits per heavy atom. The highest BCUT2D eigenvalue weighted by molar-refractivity contribution is 7.99. The minimum Gasteiger partial charge on any atom is -0.480 e. The summed E-state index contributed by atoms with van der Waals surface area (Å²) in [6.45, 7) is 5.80. The van der Waals surface area contributed by atoms with Crippen molar-refractivity contribution in [2.45, 2.75) is 39.2 Å². The summed E-state index contributed by atoms with van der Waals surface area (Å²) < 4.78 is 0. The smallest absolute Gasteiger partial charge is 0.317 e. The lowest BCUT2D eigenvalue weighted by atomic mass is 9.87. The number of thioether (sulfide) groups is 1. The molecule has 1 saturated heterocycles. The molecule has 2 aliphatic rings. The van der Waals surface area contributed by atoms with Crippen molar-refractivity contribution < 1.29 is 9.90 Å². The van der Waals surface area contributed by atoms with Crippen LogP contribution in [0, 0.1) is 11.3 Å². The van der Waals surface area contributed by atoms with Gasteiger partial charge in [-0.05, 0) is 36.3 Å². The second kappa shape index (κ2) is 5.19. The van der Waals surface area contributed by atoms with Gasteiger partial charge in [-0.15, -0.1) is 0 Å². The quantitative estimate of drug-likeness (QED) is 0.820. The van der Waals surface area contributed by atoms with Crippen molar-refractivity contribution in [3.05, 3.63) is 0 Å². The molecule has 1 atom stereocenters. The number of carbonyl (C=O) groups is 1. The Balaban J connectivity index is 1.95. The predicted molar refractivity (Wildman–Crippen MR) is 71.4 cm³/mol. The van der Waals surface area contributed by atoms with Crippen molar-refractivity contribution in [2.75, 3.05) is 24.6 Å². The third-order valence-electron chi connectivity index (χ3n) is 3.64. The van der Waals surface area contributed by atoms with E-state index in [1.165, 1.54) is 18.6 Å². The Morgan fingerprint density at radius 3 is 2.71 bits per heavy atom. The van der Waals surface area contributed by atoms with Crippen LogP contribution in [0.4, 0.5) is 0 Å². The van der Waals surface area contributed by atoms with E-state index >= 15 is 0 Å². The average Bonchev–Trinajstić information content (AvgIpc) is 2.98. The molecule has 3 nitrogen and oxygen atoms in total. The molecule has 4 heteroatoms. The Bertz CT molecular complexity index is 289. The van der Waals surface area contributed by atoms with Gasteiger partial charge >= 0.3 is 5.97 Å². The maximum Gasteiger partial charge on any atom is 0.317 e. The van der Waals surface area contributed by atoms with Gasteiger partial charge in [0.25, 0.3) is 0 Å². The number of carboxylic acid groups (broad SMARTS) is 1. The fourth-order valence-electron chi connectivity index (χ4n) is 2.61. The molecule has 0 aromatic heterocycles. The number of hydrogen-bond acceptors (Lipinski definition) is 3. The molecule has 17 heavy (non-hydrogen) atoms. The van der Waals surface area contributed by atoms with E-state index in [1.54, 1.807) is 0 Å². The Hall–Kier alpha value is -0.220. The summed E-state index contributed by atoms with van der Waals surface area (Å²) in [4.78, 5) is 13.2. The molecule has 1 N–H and O–H groups in total. The first-order chi connectivity index (χ1) is 7.96. The zero-order valence-corrected chi connectivity index (χ0v) is 11.6. The van der Waals surface area contributed by atoms with Crippen molar-refractivity contribution in [1.82, 2.24) is 4.90 Å². The van der Waals surface area contributed by atoms with Gasteiger partial charge in [-0.25, -0.2) is 0 Å². The molecule has 0 spiro atoms. The van der Waals surface area contributed by atoms with Gasteiger partial charge in [0.15, 0.2) is 0 Å². The summed E-state index contributed by atoms with van der Waals surface area (Å²) in [5.74, 6) is 2.39. The molecule has 1 aliphatic carbocycles. The summed E-state index contributed by atoms with van der Waals surface area (Å²) in [6.07, 6.45) is 3.72. The minimum atomic E-state index is -0.681. The molecule has 2 rings (SSSR count). The van der Waals surface area contributed by atoms with Crippen molar-refractivity contribution in [3.63, 3.8) is 0 Å². The Labute approximate surface area is 108 Å². The number of rotatable bonds is 5. The lowest BCUT2D eigenvalue weighted by molar-refractivity contribution is -0.139. The van der Waals surface area contributed by atoms with Crippen LogP contribution in [0.25, 0.3) is 0 Å². The zero-order valence-electron chi connectivity index (χ0n) is 10.8. The van der Waals surface area contributed by atoms with Gasteiger partial charge in [-0.2, -0.15) is 11.8 Å². The zero-order chi connectivity index (χ0) is 12.5. The number of carboxylic acids is 1. The summed E-state index contributed by atoms with van der Waals surface area (Å²) in [5.41, 5.74) is 0.355. The maximum absolute atomic E-state index is 11.0. The first-order valence-electron chi connectivity index (χ1n) is 6.50. The third kappa shape index (κ3) is 4.18. The highest BCUT2D eigenvalue weighted by Gasteiger charge is 2.35. The largest absolute Gasteiger partial charge is 0.480 e. The second-order valence-corrected chi connectivity index (χ2v) is 7.33. The molecule has 1 saturated carbocycles. The van der Waals surface area contributed by atoms with Crippen LogP contribution in [0.3, 0.4) is 0 Å². The first-order valence-corrected chi connectivity index (χ1v) is 7.65. The van der Waals surface area contributed by atoms with Gasteiger partial charge in [-0.3, -0.25) is 9.69 Å². The lowest BCUT2D eigenvalue weighted by Crippen LogP contribution is -2.46. The average molecular weight is 257 g/mol. The van der Waals surface area contributed by atoms with Crippen LogP contribution >= 0.6 is 11.8 Å². The summed E-state index contributed by atoms with van der Waals surface area (Å²) in [5, 5.41) is 9.03. The molecule has 0 aromatic carbocycles. The fraction of sp³-hybridized carbons (Fsp3) is 0.923. The van der Waals surface area contributed by atoms with Gasteiger partial charge in [0, 0.05) is 18.3 Å². The minimum absolute atomic E-state index is 0.220. The van der Waals surface area contributed by atoms with Crippen LogP contribution in [0.15, 0.2) is 0 Å². The van der Waals surface area contributed by atoms with Crippen molar-refractivity contribution in [2.24, 2.45) is 11.3 Å². The van der Waals surface area contributed by atoms with E-state index in [9.17, 15) is 4.79 Å². The maximum atomic E-state index is 11.0. The fourth-order valence-corrected chi connectivity index (χ4v) is 4.00.